The maximum atomic E-state index is 11.9. The van der Waals surface area contributed by atoms with Gasteiger partial charge in [-0.25, -0.2) is 4.98 Å². The second kappa shape index (κ2) is 5.29. The molecule has 0 fully saturated rings. The van der Waals surface area contributed by atoms with Crippen LogP contribution in [0.25, 0.3) is 0 Å². The van der Waals surface area contributed by atoms with E-state index in [4.69, 9.17) is 5.73 Å². The number of nitrogens with one attached hydrogen (secondary N) is 1. The number of nitrogens with zero attached hydrogens (tertiary/aromatic N) is 1. The van der Waals surface area contributed by atoms with Gasteiger partial charge in [-0.15, -0.1) is 22.7 Å². The van der Waals surface area contributed by atoms with Crippen molar-refractivity contribution in [2.75, 3.05) is 5.73 Å². The van der Waals surface area contributed by atoms with Crippen molar-refractivity contribution in [3.05, 3.63) is 33.5 Å². The number of hydrogen-bond acceptors (Lipinski definition) is 5. The van der Waals surface area contributed by atoms with Crippen molar-refractivity contribution in [1.29, 1.82) is 0 Å². The van der Waals surface area contributed by atoms with E-state index in [2.05, 4.69) is 10.3 Å². The van der Waals surface area contributed by atoms with Crippen LogP contribution < -0.4 is 11.1 Å². The predicted octanol–water partition coefficient (Wildman–Crippen LogP) is 2.67. The van der Waals surface area contributed by atoms with Gasteiger partial charge >= 0.3 is 0 Å². The van der Waals surface area contributed by atoms with Crippen molar-refractivity contribution < 1.29 is 4.79 Å². The fraction of sp³-hybridized carbons (Fsp3) is 0.273. The lowest BCUT2D eigenvalue weighted by Crippen LogP contribution is -2.27. The van der Waals surface area contributed by atoms with Crippen molar-refractivity contribution >= 4 is 33.7 Å². The van der Waals surface area contributed by atoms with E-state index in [-0.39, 0.29) is 11.9 Å². The van der Waals surface area contributed by atoms with Gasteiger partial charge in [0.25, 0.3) is 5.91 Å². The Balaban J connectivity index is 2.07. The van der Waals surface area contributed by atoms with Gasteiger partial charge in [0.1, 0.15) is 5.69 Å². The summed E-state index contributed by atoms with van der Waals surface area (Å²) in [7, 11) is 0. The van der Waals surface area contributed by atoms with Crippen LogP contribution in [0.5, 0.6) is 0 Å². The first-order valence-corrected chi connectivity index (χ1v) is 7.02. The summed E-state index contributed by atoms with van der Waals surface area (Å²) in [6.45, 7) is 2.04. The number of anilines is 1. The van der Waals surface area contributed by atoms with E-state index < -0.39 is 0 Å². The molecule has 1 unspecified atom stereocenters. The topological polar surface area (TPSA) is 68.0 Å². The molecule has 0 saturated heterocycles. The highest BCUT2D eigenvalue weighted by atomic mass is 32.1. The Bertz CT molecular complexity index is 493. The molecule has 2 aromatic rings. The molecule has 4 nitrogen and oxygen atoms in total. The number of carbonyl (C=O) groups excluding carboxylic acids is 1. The summed E-state index contributed by atoms with van der Waals surface area (Å²) in [5.41, 5.74) is 5.89. The molecule has 1 atom stereocenters. The Morgan fingerprint density at radius 1 is 1.59 bits per heavy atom. The second-order valence-corrected chi connectivity index (χ2v) is 5.39. The van der Waals surface area contributed by atoms with E-state index in [1.54, 1.807) is 16.7 Å². The van der Waals surface area contributed by atoms with Gasteiger partial charge in [-0.3, -0.25) is 4.79 Å². The third kappa shape index (κ3) is 2.83. The molecule has 0 aromatic carbocycles. The minimum absolute atomic E-state index is 0.0467. The summed E-state index contributed by atoms with van der Waals surface area (Å²) in [4.78, 5) is 17.0. The molecule has 2 aromatic heterocycles. The molecule has 0 saturated carbocycles. The predicted molar refractivity (Wildman–Crippen MR) is 71.3 cm³/mol. The lowest BCUT2D eigenvalue weighted by molar-refractivity contribution is 0.0932. The smallest absolute Gasteiger partial charge is 0.271 e. The number of rotatable bonds is 4. The van der Waals surface area contributed by atoms with Gasteiger partial charge < -0.3 is 11.1 Å². The van der Waals surface area contributed by atoms with Crippen LogP contribution in [0.4, 0.5) is 5.13 Å². The van der Waals surface area contributed by atoms with E-state index in [0.29, 0.717) is 10.8 Å². The zero-order valence-electron chi connectivity index (χ0n) is 9.34. The molecule has 3 N–H and O–H groups in total. The first-order chi connectivity index (χ1) is 8.20. The lowest BCUT2D eigenvalue weighted by atomic mass is 10.2. The van der Waals surface area contributed by atoms with Gasteiger partial charge in [0.05, 0.1) is 6.04 Å². The summed E-state index contributed by atoms with van der Waals surface area (Å²) < 4.78 is 0. The van der Waals surface area contributed by atoms with Crippen molar-refractivity contribution in [2.45, 2.75) is 19.4 Å². The Hall–Kier alpha value is -1.40. The first-order valence-electron chi connectivity index (χ1n) is 5.26. The van der Waals surface area contributed by atoms with Gasteiger partial charge in [-0.2, -0.15) is 0 Å². The molecule has 17 heavy (non-hydrogen) atoms. The Kier molecular flexibility index (Phi) is 3.75. The van der Waals surface area contributed by atoms with Crippen LogP contribution in [0.15, 0.2) is 22.9 Å². The molecule has 2 heterocycles. The summed E-state index contributed by atoms with van der Waals surface area (Å²) in [6.07, 6.45) is 0.853. The Labute approximate surface area is 107 Å². The Morgan fingerprint density at radius 2 is 2.41 bits per heavy atom. The average Bonchev–Trinajstić information content (AvgIpc) is 2.96. The van der Waals surface area contributed by atoms with Gasteiger partial charge in [-0.05, 0) is 17.9 Å². The molecule has 0 aliphatic rings. The largest absolute Gasteiger partial charge is 0.375 e. The van der Waals surface area contributed by atoms with E-state index in [1.807, 2.05) is 24.4 Å². The summed E-state index contributed by atoms with van der Waals surface area (Å²) >= 11 is 2.91. The molecule has 0 spiro atoms. The summed E-state index contributed by atoms with van der Waals surface area (Å²) in [5.74, 6) is -0.168. The molecule has 1 amide bonds. The average molecular weight is 267 g/mol. The van der Waals surface area contributed by atoms with Crippen molar-refractivity contribution in [3.63, 3.8) is 0 Å². The van der Waals surface area contributed by atoms with Crippen molar-refractivity contribution in [1.82, 2.24) is 10.3 Å². The van der Waals surface area contributed by atoms with E-state index in [9.17, 15) is 4.79 Å². The van der Waals surface area contributed by atoms with E-state index in [1.165, 1.54) is 11.3 Å². The number of aromatic nitrogens is 1. The van der Waals surface area contributed by atoms with Gasteiger partial charge in [0, 0.05) is 10.3 Å². The monoisotopic (exact) mass is 267 g/mol. The van der Waals surface area contributed by atoms with Crippen LogP contribution in [0.3, 0.4) is 0 Å². The van der Waals surface area contributed by atoms with Crippen LogP contribution in [0.1, 0.15) is 34.8 Å². The zero-order chi connectivity index (χ0) is 12.3. The SMILES string of the molecule is CCC(NC(=O)c1csc(N)n1)c1cccs1. The number of nitrogens with two attached hydrogens (primary N) is 1. The maximum Gasteiger partial charge on any atom is 0.271 e. The van der Waals surface area contributed by atoms with Crippen LogP contribution in [-0.2, 0) is 0 Å². The molecular weight excluding hydrogens is 254 g/mol. The number of amides is 1. The standard InChI is InChI=1S/C11H13N3OS2/c1-2-7(9-4-3-5-16-9)13-10(15)8-6-17-11(12)14-8/h3-7H,2H2,1H3,(H2,12,14)(H,13,15). The molecule has 2 rings (SSSR count). The minimum Gasteiger partial charge on any atom is -0.375 e. The fourth-order valence-corrected chi connectivity index (χ4v) is 2.89. The Morgan fingerprint density at radius 3 is 2.94 bits per heavy atom. The van der Waals surface area contributed by atoms with E-state index >= 15 is 0 Å². The van der Waals surface area contributed by atoms with Crippen LogP contribution in [-0.4, -0.2) is 10.9 Å². The summed E-state index contributed by atoms with van der Waals surface area (Å²) in [5, 5.41) is 7.05. The minimum atomic E-state index is -0.168. The summed E-state index contributed by atoms with van der Waals surface area (Å²) in [6, 6.07) is 4.05. The molecule has 0 radical (unpaired) electrons. The van der Waals surface area contributed by atoms with E-state index in [0.717, 1.165) is 11.3 Å². The maximum absolute atomic E-state index is 11.9. The first kappa shape index (κ1) is 12.1. The number of thiophene rings is 1. The van der Waals surface area contributed by atoms with Crippen molar-refractivity contribution in [2.24, 2.45) is 0 Å². The van der Waals surface area contributed by atoms with Crippen LogP contribution >= 0.6 is 22.7 Å². The number of nitrogen functional groups attached to an aromatic ring is 1. The van der Waals surface area contributed by atoms with Gasteiger partial charge in [0.2, 0.25) is 0 Å². The molecule has 6 heteroatoms. The van der Waals surface area contributed by atoms with Gasteiger partial charge in [-0.1, -0.05) is 13.0 Å². The quantitative estimate of drug-likeness (QED) is 0.895. The molecular formula is C11H13N3OS2. The third-order valence-electron chi connectivity index (χ3n) is 2.35. The highest BCUT2D eigenvalue weighted by Crippen LogP contribution is 2.22. The fourth-order valence-electron chi connectivity index (χ4n) is 1.49. The number of thiazole rings is 1. The van der Waals surface area contributed by atoms with Crippen LogP contribution in [0, 0.1) is 0 Å². The third-order valence-corrected chi connectivity index (χ3v) is 4.01. The van der Waals surface area contributed by atoms with Crippen LogP contribution in [0.2, 0.25) is 0 Å². The normalized spacial score (nSPS) is 12.3. The number of hydrogen-bond donors (Lipinski definition) is 2. The lowest BCUT2D eigenvalue weighted by Gasteiger charge is -2.14. The molecule has 0 aliphatic carbocycles. The second-order valence-electron chi connectivity index (χ2n) is 3.52. The van der Waals surface area contributed by atoms with Gasteiger partial charge in [0.15, 0.2) is 5.13 Å². The molecule has 90 valence electrons. The molecule has 0 aliphatic heterocycles. The highest BCUT2D eigenvalue weighted by Gasteiger charge is 2.16. The molecule has 0 bridgehead atoms. The highest BCUT2D eigenvalue weighted by molar-refractivity contribution is 7.13. The van der Waals surface area contributed by atoms with Crippen molar-refractivity contribution in [3.8, 4) is 0 Å². The zero-order valence-corrected chi connectivity index (χ0v) is 11.0. The number of carbonyl (C=O) groups is 1.